The summed E-state index contributed by atoms with van der Waals surface area (Å²) in [6.45, 7) is 9.95. The van der Waals surface area contributed by atoms with E-state index in [1.54, 1.807) is 0 Å². The topological polar surface area (TPSA) is 12.0 Å². The lowest BCUT2D eigenvalue weighted by Gasteiger charge is -2.22. The Hall–Kier alpha value is -0.770. The van der Waals surface area contributed by atoms with Crippen LogP contribution in [-0.2, 0) is 5.41 Å². The molecule has 2 aromatic rings. The lowest BCUT2D eigenvalue weighted by molar-refractivity contribution is 0.585. The molecule has 0 aliphatic heterocycles. The zero-order chi connectivity index (χ0) is 15.3. The number of rotatable bonds is 6. The summed E-state index contributed by atoms with van der Waals surface area (Å²) in [6.07, 6.45) is 0. The van der Waals surface area contributed by atoms with Crippen molar-refractivity contribution in [3.8, 4) is 0 Å². The van der Waals surface area contributed by atoms with Gasteiger partial charge in [-0.25, -0.2) is 0 Å². The van der Waals surface area contributed by atoms with Gasteiger partial charge in [0.2, 0.25) is 0 Å². The van der Waals surface area contributed by atoms with Crippen molar-refractivity contribution in [2.45, 2.75) is 43.4 Å². The third kappa shape index (κ3) is 4.87. The van der Waals surface area contributed by atoms with Crippen LogP contribution in [0.5, 0.6) is 0 Å². The second-order valence-corrected chi connectivity index (χ2v) is 8.49. The first kappa shape index (κ1) is 16.6. The molecule has 1 N–H and O–H groups in total. The largest absolute Gasteiger partial charge is 0.309 e. The van der Waals surface area contributed by atoms with E-state index in [4.69, 9.17) is 0 Å². The maximum Gasteiger partial charge on any atom is 0.0599 e. The van der Waals surface area contributed by atoms with E-state index in [9.17, 15) is 0 Å². The average Bonchev–Trinajstić information content (AvgIpc) is 2.96. The summed E-state index contributed by atoms with van der Waals surface area (Å²) in [7, 11) is 0. The standard InChI is InChI=1S/C18H25NS2/c1-5-19-16(13-21-17-7-6-12-20-17)14-8-10-15(11-9-14)18(2,3)4/h6-12,16,19H,5,13H2,1-4H3. The molecule has 114 valence electrons. The van der Waals surface area contributed by atoms with Crippen molar-refractivity contribution in [3.63, 3.8) is 0 Å². The maximum absolute atomic E-state index is 3.60. The lowest BCUT2D eigenvalue weighted by Crippen LogP contribution is -2.23. The van der Waals surface area contributed by atoms with Crippen molar-refractivity contribution >= 4 is 23.1 Å². The van der Waals surface area contributed by atoms with Gasteiger partial charge in [-0.05, 0) is 34.5 Å². The van der Waals surface area contributed by atoms with E-state index >= 15 is 0 Å². The molecule has 1 aromatic carbocycles. The number of hydrogen-bond donors (Lipinski definition) is 1. The minimum atomic E-state index is 0.220. The zero-order valence-electron chi connectivity index (χ0n) is 13.3. The van der Waals surface area contributed by atoms with E-state index in [0.29, 0.717) is 6.04 Å². The summed E-state index contributed by atoms with van der Waals surface area (Å²) in [5.41, 5.74) is 3.00. The van der Waals surface area contributed by atoms with Gasteiger partial charge in [0.05, 0.1) is 4.21 Å². The highest BCUT2D eigenvalue weighted by molar-refractivity contribution is 8.01. The molecule has 0 bridgehead atoms. The molecule has 0 aliphatic carbocycles. The molecular weight excluding hydrogens is 294 g/mol. The third-order valence-electron chi connectivity index (χ3n) is 3.52. The smallest absolute Gasteiger partial charge is 0.0599 e. The molecule has 1 heterocycles. The van der Waals surface area contributed by atoms with Crippen LogP contribution in [0.1, 0.15) is 44.9 Å². The van der Waals surface area contributed by atoms with E-state index in [2.05, 4.69) is 74.8 Å². The maximum atomic E-state index is 3.60. The summed E-state index contributed by atoms with van der Waals surface area (Å²) in [5, 5.41) is 5.74. The molecule has 0 aliphatic rings. The van der Waals surface area contributed by atoms with Gasteiger partial charge in [-0.3, -0.25) is 0 Å². The van der Waals surface area contributed by atoms with Crippen molar-refractivity contribution in [1.82, 2.24) is 5.32 Å². The molecule has 2 rings (SSSR count). The zero-order valence-corrected chi connectivity index (χ0v) is 15.0. The van der Waals surface area contributed by atoms with Crippen molar-refractivity contribution in [3.05, 3.63) is 52.9 Å². The van der Waals surface area contributed by atoms with Crippen LogP contribution in [0.2, 0.25) is 0 Å². The monoisotopic (exact) mass is 319 g/mol. The van der Waals surface area contributed by atoms with Crippen molar-refractivity contribution in [1.29, 1.82) is 0 Å². The summed E-state index contributed by atoms with van der Waals surface area (Å²) in [4.78, 5) is 0. The molecule has 0 amide bonds. The van der Waals surface area contributed by atoms with Crippen LogP contribution in [0, 0.1) is 0 Å². The highest BCUT2D eigenvalue weighted by Gasteiger charge is 2.15. The predicted octanol–water partition coefficient (Wildman–Crippen LogP) is 5.49. The Morgan fingerprint density at radius 2 is 1.86 bits per heavy atom. The lowest BCUT2D eigenvalue weighted by atomic mass is 9.86. The average molecular weight is 320 g/mol. The predicted molar refractivity (Wildman–Crippen MR) is 96.6 cm³/mol. The quantitative estimate of drug-likeness (QED) is 0.707. The first-order valence-corrected chi connectivity index (χ1v) is 9.37. The van der Waals surface area contributed by atoms with Gasteiger partial charge in [-0.2, -0.15) is 0 Å². The normalized spacial score (nSPS) is 13.3. The van der Waals surface area contributed by atoms with Crippen LogP contribution in [0.3, 0.4) is 0 Å². The molecule has 0 spiro atoms. The fourth-order valence-electron chi connectivity index (χ4n) is 2.25. The van der Waals surface area contributed by atoms with Gasteiger partial charge >= 0.3 is 0 Å². The molecule has 1 atom stereocenters. The van der Waals surface area contributed by atoms with Gasteiger partial charge in [-0.1, -0.05) is 58.0 Å². The Kier molecular flexibility index (Phi) is 5.91. The van der Waals surface area contributed by atoms with E-state index in [0.717, 1.165) is 12.3 Å². The Balaban J connectivity index is 2.06. The summed E-state index contributed by atoms with van der Waals surface area (Å²) in [5.74, 6) is 1.07. The minimum Gasteiger partial charge on any atom is -0.309 e. The summed E-state index contributed by atoms with van der Waals surface area (Å²) >= 11 is 3.75. The molecule has 0 saturated heterocycles. The highest BCUT2D eigenvalue weighted by Crippen LogP contribution is 2.29. The van der Waals surface area contributed by atoms with Gasteiger partial charge in [0.15, 0.2) is 0 Å². The van der Waals surface area contributed by atoms with Crippen molar-refractivity contribution in [2.24, 2.45) is 0 Å². The van der Waals surface area contributed by atoms with E-state index in [1.807, 2.05) is 23.1 Å². The third-order valence-corrected chi connectivity index (χ3v) is 5.74. The number of thioether (sulfide) groups is 1. The van der Waals surface area contributed by atoms with Gasteiger partial charge < -0.3 is 5.32 Å². The van der Waals surface area contributed by atoms with E-state index in [1.165, 1.54) is 15.3 Å². The number of hydrogen-bond acceptors (Lipinski definition) is 3. The van der Waals surface area contributed by atoms with Crippen molar-refractivity contribution in [2.75, 3.05) is 12.3 Å². The Morgan fingerprint density at radius 3 is 2.38 bits per heavy atom. The first-order chi connectivity index (χ1) is 10.0. The molecule has 3 heteroatoms. The van der Waals surface area contributed by atoms with Crippen LogP contribution in [0.25, 0.3) is 0 Å². The molecule has 21 heavy (non-hydrogen) atoms. The SMILES string of the molecule is CCNC(CSc1cccs1)c1ccc(C(C)(C)C)cc1. The molecule has 0 fully saturated rings. The second-order valence-electron chi connectivity index (χ2n) is 6.23. The Morgan fingerprint density at radius 1 is 1.14 bits per heavy atom. The fraction of sp³-hybridized carbons (Fsp3) is 0.444. The number of nitrogens with one attached hydrogen (secondary N) is 1. The van der Waals surface area contributed by atoms with Gasteiger partial charge in [0, 0.05) is 11.8 Å². The number of benzene rings is 1. The van der Waals surface area contributed by atoms with Crippen LogP contribution in [0.15, 0.2) is 46.0 Å². The van der Waals surface area contributed by atoms with Gasteiger partial charge in [-0.15, -0.1) is 23.1 Å². The van der Waals surface area contributed by atoms with Crippen LogP contribution in [-0.4, -0.2) is 12.3 Å². The molecule has 1 aromatic heterocycles. The van der Waals surface area contributed by atoms with Gasteiger partial charge in [0.25, 0.3) is 0 Å². The highest BCUT2D eigenvalue weighted by atomic mass is 32.2. The van der Waals surface area contributed by atoms with E-state index in [-0.39, 0.29) is 5.41 Å². The van der Waals surface area contributed by atoms with Crippen LogP contribution < -0.4 is 5.32 Å². The molecule has 1 unspecified atom stereocenters. The fourth-order valence-corrected chi connectivity index (χ4v) is 4.15. The van der Waals surface area contributed by atoms with E-state index < -0.39 is 0 Å². The molecule has 1 nitrogen and oxygen atoms in total. The van der Waals surface area contributed by atoms with Crippen LogP contribution >= 0.6 is 23.1 Å². The van der Waals surface area contributed by atoms with Crippen molar-refractivity contribution < 1.29 is 0 Å². The molecule has 0 radical (unpaired) electrons. The second kappa shape index (κ2) is 7.48. The van der Waals surface area contributed by atoms with Gasteiger partial charge in [0.1, 0.15) is 0 Å². The molecular formula is C18H25NS2. The number of thiophene rings is 1. The minimum absolute atomic E-state index is 0.220. The Bertz CT molecular complexity index is 523. The summed E-state index contributed by atoms with van der Waals surface area (Å²) in [6, 6.07) is 13.8. The van der Waals surface area contributed by atoms with Crippen LogP contribution in [0.4, 0.5) is 0 Å². The summed E-state index contributed by atoms with van der Waals surface area (Å²) < 4.78 is 1.39. The molecule has 0 saturated carbocycles. The Labute approximate surface area is 137 Å². The first-order valence-electron chi connectivity index (χ1n) is 7.51.